The lowest BCUT2D eigenvalue weighted by molar-refractivity contribution is -0.149. The van der Waals surface area contributed by atoms with Gasteiger partial charge in [-0.25, -0.2) is 4.79 Å². The maximum atomic E-state index is 12.7. The molecule has 7 heteroatoms. The number of pyridine rings is 1. The molecular weight excluding hydrogens is 322 g/mol. The molecule has 1 heterocycles. The first kappa shape index (κ1) is 18.4. The zero-order valence-electron chi connectivity index (χ0n) is 14.2. The van der Waals surface area contributed by atoms with Crippen molar-refractivity contribution in [3.63, 3.8) is 0 Å². The van der Waals surface area contributed by atoms with E-state index in [1.807, 2.05) is 30.3 Å². The molecule has 0 aliphatic rings. The molecule has 0 radical (unpaired) electrons. The number of carbonyl (C=O) groups excluding carboxylic acids is 2. The number of aliphatic carboxylic acids is 1. The van der Waals surface area contributed by atoms with Gasteiger partial charge in [0, 0.05) is 31.6 Å². The van der Waals surface area contributed by atoms with E-state index in [1.165, 1.54) is 18.7 Å². The Bertz CT molecular complexity index is 785. The highest BCUT2D eigenvalue weighted by atomic mass is 16.4. The fraction of sp³-hybridized carbons (Fsp3) is 0.333. The Morgan fingerprint density at radius 1 is 1.24 bits per heavy atom. The van der Waals surface area contributed by atoms with E-state index in [-0.39, 0.29) is 31.3 Å². The summed E-state index contributed by atoms with van der Waals surface area (Å²) in [7, 11) is 0. The van der Waals surface area contributed by atoms with Gasteiger partial charge >= 0.3 is 5.97 Å². The van der Waals surface area contributed by atoms with Gasteiger partial charge in [-0.15, -0.1) is 0 Å². The van der Waals surface area contributed by atoms with Gasteiger partial charge in [0.2, 0.25) is 11.8 Å². The van der Waals surface area contributed by atoms with Crippen molar-refractivity contribution in [3.05, 3.63) is 42.1 Å². The van der Waals surface area contributed by atoms with E-state index < -0.39 is 12.0 Å². The lowest BCUT2D eigenvalue weighted by atomic mass is 10.1. The smallest absolute Gasteiger partial charge is 0.326 e. The first-order chi connectivity index (χ1) is 11.9. The Balaban J connectivity index is 2.20. The number of hydrogen-bond acceptors (Lipinski definition) is 4. The topological polar surface area (TPSA) is 99.6 Å². The summed E-state index contributed by atoms with van der Waals surface area (Å²) in [5.41, 5.74) is 1.47. The molecule has 132 valence electrons. The molecule has 1 atom stereocenters. The van der Waals surface area contributed by atoms with Crippen LogP contribution in [0.1, 0.15) is 19.4 Å². The van der Waals surface area contributed by atoms with E-state index in [0.29, 0.717) is 0 Å². The monoisotopic (exact) mass is 343 g/mol. The number of carbonyl (C=O) groups is 3. The molecular formula is C18H21N3O4. The molecule has 0 saturated carbocycles. The van der Waals surface area contributed by atoms with Crippen molar-refractivity contribution in [3.8, 4) is 0 Å². The molecule has 2 rings (SSSR count). The number of benzene rings is 1. The number of para-hydroxylation sites is 1. The lowest BCUT2D eigenvalue weighted by Crippen LogP contribution is -2.47. The third-order valence-corrected chi connectivity index (χ3v) is 3.93. The first-order valence-electron chi connectivity index (χ1n) is 7.99. The van der Waals surface area contributed by atoms with Crippen LogP contribution in [0.2, 0.25) is 0 Å². The van der Waals surface area contributed by atoms with Crippen LogP contribution in [0.5, 0.6) is 0 Å². The Morgan fingerprint density at radius 2 is 1.96 bits per heavy atom. The highest BCUT2D eigenvalue weighted by molar-refractivity contribution is 5.89. The summed E-state index contributed by atoms with van der Waals surface area (Å²) in [5, 5.41) is 12.8. The molecule has 1 aromatic heterocycles. The molecule has 0 aliphatic carbocycles. The van der Waals surface area contributed by atoms with Crippen molar-refractivity contribution in [1.82, 2.24) is 15.2 Å². The highest BCUT2D eigenvalue weighted by Gasteiger charge is 2.25. The quantitative estimate of drug-likeness (QED) is 0.787. The van der Waals surface area contributed by atoms with E-state index in [0.717, 1.165) is 16.5 Å². The van der Waals surface area contributed by atoms with Crippen LogP contribution in [0.25, 0.3) is 10.9 Å². The SMILES string of the molecule is CC(=O)NCCN(C(=O)Cc1cccc2cccnc12)C(C)C(=O)O. The fourth-order valence-electron chi connectivity index (χ4n) is 2.59. The van der Waals surface area contributed by atoms with Crippen molar-refractivity contribution < 1.29 is 19.5 Å². The average Bonchev–Trinajstić information content (AvgIpc) is 2.58. The van der Waals surface area contributed by atoms with Gasteiger partial charge < -0.3 is 15.3 Å². The minimum Gasteiger partial charge on any atom is -0.480 e. The van der Waals surface area contributed by atoms with Gasteiger partial charge in [-0.2, -0.15) is 0 Å². The molecule has 1 aromatic carbocycles. The fourth-order valence-corrected chi connectivity index (χ4v) is 2.59. The summed E-state index contributed by atoms with van der Waals surface area (Å²) in [6, 6.07) is 8.30. The zero-order valence-corrected chi connectivity index (χ0v) is 14.2. The summed E-state index contributed by atoms with van der Waals surface area (Å²) in [6.07, 6.45) is 1.71. The second-order valence-electron chi connectivity index (χ2n) is 5.75. The van der Waals surface area contributed by atoms with Gasteiger partial charge in [-0.1, -0.05) is 24.3 Å². The molecule has 0 spiro atoms. The van der Waals surface area contributed by atoms with Crippen LogP contribution in [-0.2, 0) is 20.8 Å². The summed E-state index contributed by atoms with van der Waals surface area (Å²) in [5.74, 6) is -1.64. The molecule has 25 heavy (non-hydrogen) atoms. The average molecular weight is 343 g/mol. The molecule has 0 fully saturated rings. The van der Waals surface area contributed by atoms with Crippen molar-refractivity contribution in [2.24, 2.45) is 0 Å². The highest BCUT2D eigenvalue weighted by Crippen LogP contribution is 2.17. The molecule has 1 unspecified atom stereocenters. The van der Waals surface area contributed by atoms with E-state index in [9.17, 15) is 19.5 Å². The molecule has 2 N–H and O–H groups in total. The third kappa shape index (κ3) is 4.76. The summed E-state index contributed by atoms with van der Waals surface area (Å²) >= 11 is 0. The number of rotatable bonds is 7. The predicted molar refractivity (Wildman–Crippen MR) is 92.9 cm³/mol. The van der Waals surface area contributed by atoms with Crippen molar-refractivity contribution >= 4 is 28.7 Å². The van der Waals surface area contributed by atoms with Gasteiger partial charge in [-0.3, -0.25) is 14.6 Å². The van der Waals surface area contributed by atoms with E-state index in [4.69, 9.17) is 0 Å². The predicted octanol–water partition coefficient (Wildman–Crippen LogP) is 1.22. The molecule has 0 saturated heterocycles. The Morgan fingerprint density at radius 3 is 2.64 bits per heavy atom. The first-order valence-corrected chi connectivity index (χ1v) is 7.99. The summed E-state index contributed by atoms with van der Waals surface area (Å²) < 4.78 is 0. The summed E-state index contributed by atoms with van der Waals surface area (Å²) in [4.78, 5) is 40.6. The number of nitrogens with one attached hydrogen (secondary N) is 1. The number of hydrogen-bond donors (Lipinski definition) is 2. The van der Waals surface area contributed by atoms with Crippen molar-refractivity contribution in [2.45, 2.75) is 26.3 Å². The van der Waals surface area contributed by atoms with E-state index in [2.05, 4.69) is 10.3 Å². The lowest BCUT2D eigenvalue weighted by Gasteiger charge is -2.27. The van der Waals surface area contributed by atoms with Crippen molar-refractivity contribution in [1.29, 1.82) is 0 Å². The number of carboxylic acids is 1. The maximum Gasteiger partial charge on any atom is 0.326 e. The van der Waals surface area contributed by atoms with Crippen LogP contribution in [0.15, 0.2) is 36.5 Å². The second kappa shape index (κ2) is 8.23. The van der Waals surface area contributed by atoms with Gasteiger partial charge in [0.1, 0.15) is 6.04 Å². The van der Waals surface area contributed by atoms with E-state index in [1.54, 1.807) is 6.20 Å². The summed E-state index contributed by atoms with van der Waals surface area (Å²) in [6.45, 7) is 3.15. The Labute approximate surface area is 145 Å². The molecule has 0 aliphatic heterocycles. The van der Waals surface area contributed by atoms with Crippen molar-refractivity contribution in [2.75, 3.05) is 13.1 Å². The Hall–Kier alpha value is -2.96. The third-order valence-electron chi connectivity index (χ3n) is 3.93. The number of aromatic nitrogens is 1. The molecule has 2 amide bonds. The number of nitrogens with zero attached hydrogens (tertiary/aromatic N) is 2. The zero-order chi connectivity index (χ0) is 18.4. The largest absolute Gasteiger partial charge is 0.480 e. The molecule has 0 bridgehead atoms. The van der Waals surface area contributed by atoms with Gasteiger partial charge in [-0.05, 0) is 18.6 Å². The van der Waals surface area contributed by atoms with Crippen LogP contribution >= 0.6 is 0 Å². The minimum atomic E-state index is -1.09. The number of carboxylic acid groups (broad SMARTS) is 1. The maximum absolute atomic E-state index is 12.7. The van der Waals surface area contributed by atoms with E-state index >= 15 is 0 Å². The van der Waals surface area contributed by atoms with Gasteiger partial charge in [0.05, 0.1) is 11.9 Å². The van der Waals surface area contributed by atoms with Crippen LogP contribution < -0.4 is 5.32 Å². The van der Waals surface area contributed by atoms with Gasteiger partial charge in [0.15, 0.2) is 0 Å². The van der Waals surface area contributed by atoms with Crippen LogP contribution in [0, 0.1) is 0 Å². The van der Waals surface area contributed by atoms with Gasteiger partial charge in [0.25, 0.3) is 0 Å². The van der Waals surface area contributed by atoms with Crippen LogP contribution in [-0.4, -0.2) is 51.9 Å². The normalized spacial score (nSPS) is 11.8. The van der Waals surface area contributed by atoms with Crippen LogP contribution in [0.3, 0.4) is 0 Å². The molecule has 2 aromatic rings. The number of amides is 2. The van der Waals surface area contributed by atoms with Crippen LogP contribution in [0.4, 0.5) is 0 Å². The number of fused-ring (bicyclic) bond motifs is 1. The second-order valence-corrected chi connectivity index (χ2v) is 5.75. The molecule has 7 nitrogen and oxygen atoms in total. The minimum absolute atomic E-state index is 0.0477. The Kier molecular flexibility index (Phi) is 6.05. The standard InChI is InChI=1S/C18H21N3O4/c1-12(18(24)25)21(10-9-19-13(2)22)16(23)11-15-6-3-5-14-7-4-8-20-17(14)15/h3-8,12H,9-11H2,1-2H3,(H,19,22)(H,24,25).